The van der Waals surface area contributed by atoms with E-state index in [4.69, 9.17) is 9.47 Å². The van der Waals surface area contributed by atoms with Crippen LogP contribution in [0.15, 0.2) is 18.2 Å². The van der Waals surface area contributed by atoms with Crippen LogP contribution < -0.4 is 9.47 Å². The molecule has 0 radical (unpaired) electrons. The number of carboxylic acids is 1. The third-order valence-electron chi connectivity index (χ3n) is 4.17. The van der Waals surface area contributed by atoms with E-state index in [1.165, 1.54) is 0 Å². The van der Waals surface area contributed by atoms with E-state index in [1.54, 1.807) is 7.11 Å². The minimum absolute atomic E-state index is 0.00899. The van der Waals surface area contributed by atoms with Crippen molar-refractivity contribution in [2.45, 2.75) is 57.5 Å². The molecule has 0 atom stereocenters. The third-order valence-corrected chi connectivity index (χ3v) is 4.17. The molecule has 1 saturated carbocycles. The first-order valence-corrected chi connectivity index (χ1v) is 7.59. The fraction of sp³-hybridized carbons (Fsp3) is 0.588. The molecule has 0 spiro atoms. The molecule has 0 aromatic heterocycles. The minimum Gasteiger partial charge on any atom is -0.496 e. The summed E-state index contributed by atoms with van der Waals surface area (Å²) in [6.07, 6.45) is 4.20. The minimum atomic E-state index is -0.894. The average Bonchev–Trinajstić information content (AvgIpc) is 2.46. The number of carbonyl (C=O) groups is 1. The zero-order chi connectivity index (χ0) is 15.5. The Morgan fingerprint density at radius 1 is 1.19 bits per heavy atom. The van der Waals surface area contributed by atoms with Crippen LogP contribution in [0.1, 0.15) is 51.5 Å². The molecule has 0 bridgehead atoms. The predicted octanol–water partition coefficient (Wildman–Crippen LogP) is 3.77. The van der Waals surface area contributed by atoms with Crippen LogP contribution in [-0.2, 0) is 10.2 Å². The Hall–Kier alpha value is -1.71. The lowest BCUT2D eigenvalue weighted by atomic mass is 9.68. The smallest absolute Gasteiger partial charge is 0.314 e. The highest BCUT2D eigenvalue weighted by atomic mass is 16.5. The Morgan fingerprint density at radius 3 is 2.33 bits per heavy atom. The number of methoxy groups -OCH3 is 1. The zero-order valence-electron chi connectivity index (χ0n) is 13.0. The molecular weight excluding hydrogens is 268 g/mol. The Kier molecular flexibility index (Phi) is 4.76. The molecule has 4 heteroatoms. The molecule has 4 nitrogen and oxygen atoms in total. The van der Waals surface area contributed by atoms with Crippen molar-refractivity contribution < 1.29 is 19.4 Å². The van der Waals surface area contributed by atoms with Gasteiger partial charge in [-0.3, -0.25) is 4.79 Å². The second kappa shape index (κ2) is 6.37. The number of rotatable bonds is 5. The van der Waals surface area contributed by atoms with E-state index in [1.807, 2.05) is 32.0 Å². The van der Waals surface area contributed by atoms with Crippen molar-refractivity contribution in [3.05, 3.63) is 23.8 Å². The van der Waals surface area contributed by atoms with Gasteiger partial charge < -0.3 is 14.6 Å². The summed E-state index contributed by atoms with van der Waals surface area (Å²) >= 11 is 0. The van der Waals surface area contributed by atoms with E-state index in [0.29, 0.717) is 29.9 Å². The Balaban J connectivity index is 2.59. The van der Waals surface area contributed by atoms with Crippen LogP contribution in [0.2, 0.25) is 0 Å². The van der Waals surface area contributed by atoms with E-state index in [0.717, 1.165) is 19.3 Å². The number of hydrogen-bond donors (Lipinski definition) is 1. The second-order valence-corrected chi connectivity index (χ2v) is 5.95. The molecule has 1 aliphatic rings. The van der Waals surface area contributed by atoms with Crippen molar-refractivity contribution in [1.29, 1.82) is 0 Å². The highest BCUT2D eigenvalue weighted by Gasteiger charge is 2.45. The summed E-state index contributed by atoms with van der Waals surface area (Å²) in [6.45, 7) is 3.88. The summed E-state index contributed by atoms with van der Waals surface area (Å²) in [5, 5.41) is 9.91. The third kappa shape index (κ3) is 2.99. The summed E-state index contributed by atoms with van der Waals surface area (Å²) in [5.74, 6) is 0.464. The van der Waals surface area contributed by atoms with Crippen molar-refractivity contribution in [3.8, 4) is 11.5 Å². The maximum atomic E-state index is 12.1. The molecule has 0 unspecified atom stereocenters. The second-order valence-electron chi connectivity index (χ2n) is 5.95. The maximum Gasteiger partial charge on any atom is 0.314 e. The largest absolute Gasteiger partial charge is 0.496 e. The van der Waals surface area contributed by atoms with Gasteiger partial charge in [-0.2, -0.15) is 0 Å². The van der Waals surface area contributed by atoms with Crippen LogP contribution in [0.5, 0.6) is 11.5 Å². The van der Waals surface area contributed by atoms with E-state index >= 15 is 0 Å². The molecule has 1 aromatic rings. The van der Waals surface area contributed by atoms with Gasteiger partial charge in [0.15, 0.2) is 0 Å². The number of hydrogen-bond acceptors (Lipinski definition) is 3. The van der Waals surface area contributed by atoms with Gasteiger partial charge in [0.1, 0.15) is 11.5 Å². The van der Waals surface area contributed by atoms with Crippen molar-refractivity contribution in [2.75, 3.05) is 7.11 Å². The Morgan fingerprint density at radius 2 is 1.81 bits per heavy atom. The van der Waals surface area contributed by atoms with Gasteiger partial charge in [-0.25, -0.2) is 0 Å². The molecule has 21 heavy (non-hydrogen) atoms. The highest BCUT2D eigenvalue weighted by Crippen LogP contribution is 2.47. The highest BCUT2D eigenvalue weighted by molar-refractivity contribution is 5.84. The lowest BCUT2D eigenvalue weighted by molar-refractivity contribution is -0.145. The van der Waals surface area contributed by atoms with Crippen LogP contribution in [0.3, 0.4) is 0 Å². The molecule has 116 valence electrons. The van der Waals surface area contributed by atoms with E-state index in [2.05, 4.69) is 0 Å². The summed E-state index contributed by atoms with van der Waals surface area (Å²) < 4.78 is 11.3. The van der Waals surface area contributed by atoms with Crippen molar-refractivity contribution in [3.63, 3.8) is 0 Å². The quantitative estimate of drug-likeness (QED) is 0.897. The number of ether oxygens (including phenoxy) is 2. The average molecular weight is 292 g/mol. The fourth-order valence-corrected chi connectivity index (χ4v) is 3.23. The fourth-order valence-electron chi connectivity index (χ4n) is 3.23. The van der Waals surface area contributed by atoms with Gasteiger partial charge in [-0.1, -0.05) is 25.3 Å². The van der Waals surface area contributed by atoms with E-state index < -0.39 is 11.4 Å². The van der Waals surface area contributed by atoms with Crippen LogP contribution in [-0.4, -0.2) is 24.3 Å². The molecule has 0 heterocycles. The first-order valence-electron chi connectivity index (χ1n) is 7.59. The molecule has 1 fully saturated rings. The lowest BCUT2D eigenvalue weighted by Crippen LogP contribution is -2.38. The van der Waals surface area contributed by atoms with Gasteiger partial charge in [0.05, 0.1) is 24.2 Å². The molecule has 1 aliphatic carbocycles. The van der Waals surface area contributed by atoms with Gasteiger partial charge in [0.25, 0.3) is 0 Å². The van der Waals surface area contributed by atoms with Gasteiger partial charge in [-0.05, 0) is 38.8 Å². The zero-order valence-corrected chi connectivity index (χ0v) is 13.0. The normalized spacial score (nSPS) is 17.5. The van der Waals surface area contributed by atoms with Crippen LogP contribution in [0, 0.1) is 0 Å². The van der Waals surface area contributed by atoms with Crippen molar-refractivity contribution in [1.82, 2.24) is 0 Å². The Labute approximate surface area is 126 Å². The number of carboxylic acid groups (broad SMARTS) is 1. The molecule has 0 aliphatic heterocycles. The van der Waals surface area contributed by atoms with Gasteiger partial charge in [0.2, 0.25) is 0 Å². The summed E-state index contributed by atoms with van der Waals surface area (Å²) in [4.78, 5) is 12.1. The molecular formula is C17H24O4. The first-order chi connectivity index (χ1) is 10.0. The molecule has 1 aromatic carbocycles. The molecule has 0 saturated heterocycles. The SMILES string of the molecule is COc1cccc(OC(C)C)c1C1(C(=O)O)CCCCC1. The van der Waals surface area contributed by atoms with Crippen LogP contribution >= 0.6 is 0 Å². The summed E-state index contributed by atoms with van der Waals surface area (Å²) in [6, 6.07) is 5.51. The van der Waals surface area contributed by atoms with E-state index in [-0.39, 0.29) is 6.10 Å². The van der Waals surface area contributed by atoms with Gasteiger partial charge in [0, 0.05) is 0 Å². The summed E-state index contributed by atoms with van der Waals surface area (Å²) in [5.41, 5.74) is -0.192. The molecule has 1 N–H and O–H groups in total. The molecule has 0 amide bonds. The standard InChI is InChI=1S/C17H24O4/c1-12(2)21-14-9-7-8-13(20-3)15(14)17(16(18)19)10-5-4-6-11-17/h7-9,12H,4-6,10-11H2,1-3H3,(H,18,19). The Bertz CT molecular complexity index is 502. The van der Waals surface area contributed by atoms with Gasteiger partial charge in [-0.15, -0.1) is 0 Å². The van der Waals surface area contributed by atoms with Gasteiger partial charge >= 0.3 is 5.97 Å². The number of benzene rings is 1. The number of aliphatic carboxylic acids is 1. The van der Waals surface area contributed by atoms with Crippen LogP contribution in [0.4, 0.5) is 0 Å². The first kappa shape index (κ1) is 15.7. The predicted molar refractivity (Wildman–Crippen MR) is 81.2 cm³/mol. The van der Waals surface area contributed by atoms with Crippen molar-refractivity contribution in [2.24, 2.45) is 0 Å². The monoisotopic (exact) mass is 292 g/mol. The summed E-state index contributed by atoms with van der Waals surface area (Å²) in [7, 11) is 1.58. The lowest BCUT2D eigenvalue weighted by Gasteiger charge is -2.36. The van der Waals surface area contributed by atoms with Crippen molar-refractivity contribution >= 4 is 5.97 Å². The van der Waals surface area contributed by atoms with Crippen LogP contribution in [0.25, 0.3) is 0 Å². The van der Waals surface area contributed by atoms with E-state index in [9.17, 15) is 9.90 Å². The molecule has 2 rings (SSSR count). The maximum absolute atomic E-state index is 12.1. The topological polar surface area (TPSA) is 55.8 Å².